The molecule has 0 unspecified atom stereocenters. The minimum Gasteiger partial charge on any atom is -0.463 e. The number of non-ortho nitro benzene ring substituents is 1. The number of nitrogens with zero attached hydrogens (tertiary/aromatic N) is 1. The summed E-state index contributed by atoms with van der Waals surface area (Å²) in [4.78, 5) is 36.4. The lowest BCUT2D eigenvalue weighted by Crippen LogP contribution is -2.50. The summed E-state index contributed by atoms with van der Waals surface area (Å²) in [6.07, 6.45) is -3.41. The van der Waals surface area contributed by atoms with Crippen molar-refractivity contribution in [3.05, 3.63) is 39.9 Å². The molecule has 0 N–H and O–H groups in total. The molecule has 0 radical (unpaired) electrons. The highest BCUT2D eigenvalue weighted by molar-refractivity contribution is 6.11. The molecule has 10 heteroatoms. The number of nitro benzene ring substituents is 1. The molecule has 4 rings (SSSR count). The van der Waals surface area contributed by atoms with Crippen molar-refractivity contribution in [2.75, 3.05) is 6.61 Å². The SMILES string of the molecule is CCOC(=O)[C@]1(Cc2ccc([N+](=O)[O-])cc2)O[C@@H]2[C@H]3OC(C)(C)O[C@H]3O[C@@H]2C1=O. The van der Waals surface area contributed by atoms with Crippen LogP contribution < -0.4 is 0 Å². The van der Waals surface area contributed by atoms with Crippen LogP contribution in [0.5, 0.6) is 0 Å². The van der Waals surface area contributed by atoms with Crippen molar-refractivity contribution in [3.8, 4) is 0 Å². The zero-order valence-electron chi connectivity index (χ0n) is 16.2. The molecule has 0 spiro atoms. The van der Waals surface area contributed by atoms with Gasteiger partial charge in [-0.05, 0) is 26.3 Å². The Balaban J connectivity index is 1.63. The van der Waals surface area contributed by atoms with E-state index in [0.29, 0.717) is 5.56 Å². The fraction of sp³-hybridized carbons (Fsp3) is 0.579. The van der Waals surface area contributed by atoms with Crippen LogP contribution in [0.4, 0.5) is 5.69 Å². The van der Waals surface area contributed by atoms with Crippen LogP contribution in [0.1, 0.15) is 26.3 Å². The van der Waals surface area contributed by atoms with Gasteiger partial charge in [-0.15, -0.1) is 0 Å². The Hall–Kier alpha value is -2.40. The molecule has 3 aliphatic heterocycles. The van der Waals surface area contributed by atoms with E-state index in [9.17, 15) is 19.7 Å². The quantitative estimate of drug-likeness (QED) is 0.307. The maximum absolute atomic E-state index is 13.2. The number of fused-ring (bicyclic) bond motifs is 3. The van der Waals surface area contributed by atoms with Crippen molar-refractivity contribution in [2.24, 2.45) is 0 Å². The minimum absolute atomic E-state index is 0.0619. The molecule has 0 aromatic heterocycles. The van der Waals surface area contributed by atoms with E-state index in [4.69, 9.17) is 23.7 Å². The standard InChI is InChI=1S/C19H21NO9/c1-4-25-17(22)19(9-10-5-7-11(8-6-10)20(23)24)15(21)13-12(28-19)14-16(26-13)29-18(2,3)27-14/h5-8,12-14,16H,4,9H2,1-3H3/t12-,13-,14+,16+,19+/m0/s1. The second-order valence-corrected chi connectivity index (χ2v) is 7.62. The third-order valence-electron chi connectivity index (χ3n) is 5.19. The number of ketones is 1. The van der Waals surface area contributed by atoms with Crippen molar-refractivity contribution < 1.29 is 38.2 Å². The van der Waals surface area contributed by atoms with Gasteiger partial charge in [0.25, 0.3) is 5.69 Å². The van der Waals surface area contributed by atoms with E-state index in [0.717, 1.165) is 0 Å². The molecule has 0 bridgehead atoms. The van der Waals surface area contributed by atoms with Crippen LogP contribution >= 0.6 is 0 Å². The molecule has 3 aliphatic rings. The fourth-order valence-corrected chi connectivity index (χ4v) is 3.96. The summed E-state index contributed by atoms with van der Waals surface area (Å²) in [5.41, 5.74) is -1.50. The Morgan fingerprint density at radius 2 is 1.86 bits per heavy atom. The van der Waals surface area contributed by atoms with Crippen LogP contribution in [0.15, 0.2) is 24.3 Å². The molecule has 3 saturated heterocycles. The number of hydrogen-bond acceptors (Lipinski definition) is 9. The Morgan fingerprint density at radius 3 is 2.48 bits per heavy atom. The average Bonchev–Trinajstić information content (AvgIpc) is 3.22. The van der Waals surface area contributed by atoms with E-state index < -0.39 is 52.7 Å². The maximum atomic E-state index is 13.2. The van der Waals surface area contributed by atoms with Crippen LogP contribution in [0, 0.1) is 10.1 Å². The number of rotatable bonds is 5. The van der Waals surface area contributed by atoms with Gasteiger partial charge in [0.2, 0.25) is 11.4 Å². The largest absolute Gasteiger partial charge is 0.463 e. The third-order valence-corrected chi connectivity index (χ3v) is 5.19. The number of esters is 1. The summed E-state index contributed by atoms with van der Waals surface area (Å²) in [5.74, 6) is -2.30. The van der Waals surface area contributed by atoms with Crippen molar-refractivity contribution in [2.45, 2.75) is 63.2 Å². The molecule has 0 amide bonds. The second-order valence-electron chi connectivity index (χ2n) is 7.62. The molecule has 3 fully saturated rings. The van der Waals surface area contributed by atoms with E-state index in [-0.39, 0.29) is 18.7 Å². The van der Waals surface area contributed by atoms with E-state index in [1.165, 1.54) is 24.3 Å². The first-order valence-electron chi connectivity index (χ1n) is 9.30. The molecular weight excluding hydrogens is 386 g/mol. The second kappa shape index (κ2) is 6.84. The molecule has 1 aromatic rings. The lowest BCUT2D eigenvalue weighted by molar-refractivity contribution is -0.384. The molecule has 0 aliphatic carbocycles. The lowest BCUT2D eigenvalue weighted by Gasteiger charge is -2.27. The Bertz CT molecular complexity index is 852. The Morgan fingerprint density at radius 1 is 1.17 bits per heavy atom. The van der Waals surface area contributed by atoms with Crippen molar-refractivity contribution in [3.63, 3.8) is 0 Å². The number of carbonyl (C=O) groups is 2. The number of ether oxygens (including phenoxy) is 5. The van der Waals surface area contributed by atoms with Crippen LogP contribution in [0.2, 0.25) is 0 Å². The van der Waals surface area contributed by atoms with Gasteiger partial charge < -0.3 is 23.7 Å². The van der Waals surface area contributed by atoms with Gasteiger partial charge in [0.1, 0.15) is 12.2 Å². The molecule has 29 heavy (non-hydrogen) atoms. The number of Topliss-reactive ketones (excluding diaryl/α,β-unsaturated/α-hetero) is 1. The summed E-state index contributed by atoms with van der Waals surface area (Å²) in [5, 5.41) is 10.9. The maximum Gasteiger partial charge on any atom is 0.346 e. The average molecular weight is 407 g/mol. The predicted octanol–water partition coefficient (Wildman–Crippen LogP) is 1.28. The highest BCUT2D eigenvalue weighted by Gasteiger charge is 2.69. The summed E-state index contributed by atoms with van der Waals surface area (Å²) >= 11 is 0. The summed E-state index contributed by atoms with van der Waals surface area (Å²) in [6, 6.07) is 5.56. The number of carbonyl (C=O) groups excluding carboxylic acids is 2. The molecule has 156 valence electrons. The van der Waals surface area contributed by atoms with Crippen LogP contribution in [-0.4, -0.2) is 59.3 Å². The van der Waals surface area contributed by atoms with Gasteiger partial charge >= 0.3 is 5.97 Å². The van der Waals surface area contributed by atoms with Gasteiger partial charge in [-0.25, -0.2) is 4.79 Å². The van der Waals surface area contributed by atoms with Crippen LogP contribution in [0.3, 0.4) is 0 Å². The van der Waals surface area contributed by atoms with Gasteiger partial charge in [0, 0.05) is 18.6 Å². The molecular formula is C19H21NO9. The highest BCUT2D eigenvalue weighted by Crippen LogP contribution is 2.46. The monoisotopic (exact) mass is 407 g/mol. The van der Waals surface area contributed by atoms with Crippen LogP contribution in [-0.2, 0) is 39.7 Å². The first-order chi connectivity index (χ1) is 13.7. The Labute approximate surface area is 166 Å². The minimum atomic E-state index is -1.91. The van der Waals surface area contributed by atoms with E-state index >= 15 is 0 Å². The van der Waals surface area contributed by atoms with Gasteiger partial charge in [0.15, 0.2) is 18.2 Å². The van der Waals surface area contributed by atoms with Crippen molar-refractivity contribution in [1.82, 2.24) is 0 Å². The van der Waals surface area contributed by atoms with E-state index in [2.05, 4.69) is 0 Å². The summed E-state index contributed by atoms with van der Waals surface area (Å²) in [6.45, 7) is 5.12. The zero-order valence-corrected chi connectivity index (χ0v) is 16.2. The van der Waals surface area contributed by atoms with Crippen molar-refractivity contribution >= 4 is 17.4 Å². The van der Waals surface area contributed by atoms with Gasteiger partial charge in [-0.3, -0.25) is 14.9 Å². The van der Waals surface area contributed by atoms with Gasteiger partial charge in [-0.1, -0.05) is 12.1 Å². The predicted molar refractivity (Wildman–Crippen MR) is 94.7 cm³/mol. The smallest absolute Gasteiger partial charge is 0.346 e. The first-order valence-corrected chi connectivity index (χ1v) is 9.30. The topological polar surface area (TPSA) is 123 Å². The molecule has 3 heterocycles. The molecule has 10 nitrogen and oxygen atoms in total. The van der Waals surface area contributed by atoms with Crippen LogP contribution in [0.25, 0.3) is 0 Å². The van der Waals surface area contributed by atoms with E-state index in [1.807, 2.05) is 0 Å². The number of hydrogen-bond donors (Lipinski definition) is 0. The number of benzene rings is 1. The summed E-state index contributed by atoms with van der Waals surface area (Å²) < 4.78 is 28.3. The Kier molecular flexibility index (Phi) is 4.69. The lowest BCUT2D eigenvalue weighted by atomic mass is 9.89. The molecule has 0 saturated carbocycles. The molecule has 1 aromatic carbocycles. The summed E-state index contributed by atoms with van der Waals surface area (Å²) in [7, 11) is 0. The first kappa shape index (κ1) is 19.9. The van der Waals surface area contributed by atoms with Gasteiger partial charge in [-0.2, -0.15) is 0 Å². The molecule has 5 atom stereocenters. The zero-order chi connectivity index (χ0) is 21.0. The van der Waals surface area contributed by atoms with Crippen molar-refractivity contribution in [1.29, 1.82) is 0 Å². The van der Waals surface area contributed by atoms with E-state index in [1.54, 1.807) is 20.8 Å². The van der Waals surface area contributed by atoms with Gasteiger partial charge in [0.05, 0.1) is 11.5 Å². The highest BCUT2D eigenvalue weighted by atomic mass is 16.8. The normalized spacial score (nSPS) is 34.7. The third kappa shape index (κ3) is 3.21. The number of nitro groups is 1. The fourth-order valence-electron chi connectivity index (χ4n) is 3.96.